The fraction of sp³-hybridized carbons (Fsp3) is 0.320. The number of carbonyl (C=O) groups is 3. The highest BCUT2D eigenvalue weighted by molar-refractivity contribution is 9.11. The van der Waals surface area contributed by atoms with Crippen molar-refractivity contribution in [3.63, 3.8) is 0 Å². The van der Waals surface area contributed by atoms with Crippen LogP contribution in [0, 0.1) is 0 Å². The predicted octanol–water partition coefficient (Wildman–Crippen LogP) is 1.73. The van der Waals surface area contributed by atoms with Crippen molar-refractivity contribution in [3.8, 4) is 0 Å². The fourth-order valence-electron chi connectivity index (χ4n) is 3.45. The molecule has 36 heavy (non-hydrogen) atoms. The Kier molecular flexibility index (Phi) is 10.00. The van der Waals surface area contributed by atoms with Crippen molar-refractivity contribution >= 4 is 33.8 Å². The van der Waals surface area contributed by atoms with Gasteiger partial charge in [0.05, 0.1) is 12.6 Å². The molecule has 2 aromatic carbocycles. The zero-order valence-corrected chi connectivity index (χ0v) is 21.3. The van der Waals surface area contributed by atoms with Gasteiger partial charge in [-0.2, -0.15) is 0 Å². The molecule has 1 aliphatic rings. The summed E-state index contributed by atoms with van der Waals surface area (Å²) in [6.45, 7) is 1.29. The second-order valence-electron chi connectivity index (χ2n) is 8.24. The quantitative estimate of drug-likeness (QED) is 0.322. The SMILES string of the molecule is C[C@@H](O)[C@H](N)C(=O)N(C(=O)OCc1ccccc1)[C@@H](Cc1ccccc1)C(=O)NCC1C=C(Br)NO1. The number of nitrogens with zero attached hydrogens (tertiary/aromatic N) is 1. The van der Waals surface area contributed by atoms with E-state index in [1.54, 1.807) is 54.6 Å². The molecule has 192 valence electrons. The minimum absolute atomic E-state index is 0.00862. The molecule has 0 saturated heterocycles. The second-order valence-corrected chi connectivity index (χ2v) is 9.09. The van der Waals surface area contributed by atoms with Crippen molar-refractivity contribution in [3.05, 3.63) is 82.5 Å². The molecule has 1 aliphatic heterocycles. The van der Waals surface area contributed by atoms with Crippen molar-refractivity contribution in [2.75, 3.05) is 6.54 Å². The van der Waals surface area contributed by atoms with Crippen molar-refractivity contribution in [1.29, 1.82) is 0 Å². The fourth-order valence-corrected chi connectivity index (χ4v) is 3.84. The first-order valence-corrected chi connectivity index (χ1v) is 12.1. The normalized spacial score (nSPS) is 17.2. The molecule has 0 radical (unpaired) electrons. The summed E-state index contributed by atoms with van der Waals surface area (Å²) < 4.78 is 6.02. The monoisotopic (exact) mass is 560 g/mol. The second kappa shape index (κ2) is 13.2. The van der Waals surface area contributed by atoms with E-state index >= 15 is 0 Å². The van der Waals surface area contributed by atoms with E-state index in [-0.39, 0.29) is 19.6 Å². The molecule has 1 unspecified atom stereocenters. The minimum atomic E-state index is -1.44. The summed E-state index contributed by atoms with van der Waals surface area (Å²) in [5, 5.41) is 12.7. The summed E-state index contributed by atoms with van der Waals surface area (Å²) in [5.41, 5.74) is 9.94. The first-order valence-electron chi connectivity index (χ1n) is 11.3. The van der Waals surface area contributed by atoms with Crippen LogP contribution >= 0.6 is 15.9 Å². The van der Waals surface area contributed by atoms with Gasteiger partial charge in [-0.3, -0.25) is 19.9 Å². The number of hydrogen-bond donors (Lipinski definition) is 4. The van der Waals surface area contributed by atoms with Crippen LogP contribution in [0.5, 0.6) is 0 Å². The van der Waals surface area contributed by atoms with E-state index in [9.17, 15) is 19.5 Å². The van der Waals surface area contributed by atoms with Crippen LogP contribution in [0.4, 0.5) is 4.79 Å². The summed E-state index contributed by atoms with van der Waals surface area (Å²) in [5.74, 6) is -1.54. The van der Waals surface area contributed by atoms with Gasteiger partial charge in [-0.05, 0) is 40.1 Å². The smallest absolute Gasteiger partial charge is 0.417 e. The topological polar surface area (TPSA) is 143 Å². The van der Waals surface area contributed by atoms with E-state index < -0.39 is 42.2 Å². The van der Waals surface area contributed by atoms with Crippen LogP contribution < -0.4 is 16.5 Å². The summed E-state index contributed by atoms with van der Waals surface area (Å²) in [7, 11) is 0. The van der Waals surface area contributed by atoms with E-state index in [4.69, 9.17) is 15.3 Å². The average Bonchev–Trinajstić information content (AvgIpc) is 3.31. The number of amides is 3. The average molecular weight is 561 g/mol. The Hall–Kier alpha value is -3.25. The van der Waals surface area contributed by atoms with E-state index in [2.05, 4.69) is 26.7 Å². The van der Waals surface area contributed by atoms with Crippen LogP contribution in [0.25, 0.3) is 0 Å². The van der Waals surface area contributed by atoms with Gasteiger partial charge < -0.3 is 20.9 Å². The van der Waals surface area contributed by atoms with Crippen molar-refractivity contribution in [2.24, 2.45) is 5.73 Å². The Morgan fingerprint density at radius 3 is 2.31 bits per heavy atom. The minimum Gasteiger partial charge on any atom is -0.444 e. The first kappa shape index (κ1) is 27.3. The lowest BCUT2D eigenvalue weighted by atomic mass is 10.0. The number of hydroxylamine groups is 1. The number of aliphatic hydroxyl groups excluding tert-OH is 1. The van der Waals surface area contributed by atoms with Crippen LogP contribution in [0.2, 0.25) is 0 Å². The predicted molar refractivity (Wildman–Crippen MR) is 135 cm³/mol. The number of aliphatic hydroxyl groups is 1. The van der Waals surface area contributed by atoms with Gasteiger partial charge in [-0.1, -0.05) is 60.7 Å². The number of hydrogen-bond acceptors (Lipinski definition) is 8. The molecule has 1 heterocycles. The van der Waals surface area contributed by atoms with E-state index in [0.717, 1.165) is 0 Å². The molecule has 0 saturated carbocycles. The highest BCUT2D eigenvalue weighted by Crippen LogP contribution is 2.16. The van der Waals surface area contributed by atoms with Gasteiger partial charge in [0, 0.05) is 6.42 Å². The molecule has 4 atom stereocenters. The molecule has 3 amide bonds. The third kappa shape index (κ3) is 7.62. The molecule has 2 aromatic rings. The van der Waals surface area contributed by atoms with Crippen molar-refractivity contribution in [1.82, 2.24) is 15.7 Å². The van der Waals surface area contributed by atoms with Crippen LogP contribution in [0.15, 0.2) is 71.3 Å². The van der Waals surface area contributed by atoms with E-state index in [0.29, 0.717) is 20.6 Å². The maximum Gasteiger partial charge on any atom is 0.417 e. The summed E-state index contributed by atoms with van der Waals surface area (Å²) in [6, 6.07) is 15.1. The number of nitrogens with two attached hydrogens (primary N) is 1. The first-order chi connectivity index (χ1) is 17.3. The molecular weight excluding hydrogens is 532 g/mol. The molecule has 0 aliphatic carbocycles. The van der Waals surface area contributed by atoms with Gasteiger partial charge in [0.2, 0.25) is 5.91 Å². The number of carbonyl (C=O) groups excluding carboxylic acids is 3. The molecule has 0 fully saturated rings. The Balaban J connectivity index is 1.87. The van der Waals surface area contributed by atoms with Gasteiger partial charge in [-0.25, -0.2) is 9.69 Å². The zero-order chi connectivity index (χ0) is 26.1. The summed E-state index contributed by atoms with van der Waals surface area (Å²) >= 11 is 3.25. The Morgan fingerprint density at radius 1 is 1.14 bits per heavy atom. The van der Waals surface area contributed by atoms with Crippen LogP contribution in [-0.4, -0.2) is 58.8 Å². The third-order valence-corrected chi connectivity index (χ3v) is 5.87. The molecule has 0 spiro atoms. The molecular formula is C25H29BrN4O6. The van der Waals surface area contributed by atoms with Crippen molar-refractivity contribution < 1.29 is 29.1 Å². The van der Waals surface area contributed by atoms with Crippen molar-refractivity contribution in [2.45, 2.75) is 44.2 Å². The molecule has 11 heteroatoms. The molecule has 3 rings (SSSR count). The van der Waals surface area contributed by atoms with Gasteiger partial charge in [0.25, 0.3) is 5.91 Å². The number of rotatable bonds is 10. The Bertz CT molecular complexity index is 1070. The number of halogens is 1. The lowest BCUT2D eigenvalue weighted by Gasteiger charge is -2.31. The number of imide groups is 1. The Morgan fingerprint density at radius 2 is 1.75 bits per heavy atom. The Labute approximate surface area is 217 Å². The summed E-state index contributed by atoms with van der Waals surface area (Å²) in [4.78, 5) is 45.9. The van der Waals surface area contributed by atoms with Crippen LogP contribution in [0.1, 0.15) is 18.1 Å². The molecule has 5 N–H and O–H groups in total. The van der Waals surface area contributed by atoms with Gasteiger partial charge >= 0.3 is 6.09 Å². The summed E-state index contributed by atoms with van der Waals surface area (Å²) in [6.07, 6.45) is -1.04. The maximum absolute atomic E-state index is 13.4. The largest absolute Gasteiger partial charge is 0.444 e. The van der Waals surface area contributed by atoms with Crippen LogP contribution in [-0.2, 0) is 32.2 Å². The molecule has 0 bridgehead atoms. The van der Waals surface area contributed by atoms with Gasteiger partial charge in [-0.15, -0.1) is 0 Å². The highest BCUT2D eigenvalue weighted by Gasteiger charge is 2.39. The standard InChI is InChI=1S/C25H29BrN4O6/c1-16(31)22(27)24(33)30(25(34)35-15-18-10-6-3-7-11-18)20(12-17-8-4-2-5-9-17)23(32)28-14-19-13-21(26)29-36-19/h2-11,13,16,19-20,22,29,31H,12,14-15,27H2,1H3,(H,28,32)/t16-,19?,20+,22+/m1/s1. The number of ether oxygens (including phenoxy) is 1. The molecule has 0 aromatic heterocycles. The van der Waals surface area contributed by atoms with Crippen LogP contribution in [0.3, 0.4) is 0 Å². The maximum atomic E-state index is 13.4. The number of nitrogens with one attached hydrogen (secondary N) is 2. The highest BCUT2D eigenvalue weighted by atomic mass is 79.9. The lowest BCUT2D eigenvalue weighted by Crippen LogP contribution is -2.59. The van der Waals surface area contributed by atoms with Gasteiger partial charge in [0.15, 0.2) is 0 Å². The molecule has 10 nitrogen and oxygen atoms in total. The lowest BCUT2D eigenvalue weighted by molar-refractivity contribution is -0.141. The van der Waals surface area contributed by atoms with E-state index in [1.165, 1.54) is 6.92 Å². The number of benzene rings is 2. The third-order valence-electron chi connectivity index (χ3n) is 5.45. The zero-order valence-electron chi connectivity index (χ0n) is 19.7. The van der Waals surface area contributed by atoms with E-state index in [1.807, 2.05) is 12.1 Å². The van der Waals surface area contributed by atoms with Gasteiger partial charge in [0.1, 0.15) is 29.4 Å².